The summed E-state index contributed by atoms with van der Waals surface area (Å²) in [6, 6.07) is 0.639. The van der Waals surface area contributed by atoms with Crippen molar-refractivity contribution in [1.82, 2.24) is 10.2 Å². The van der Waals surface area contributed by atoms with Gasteiger partial charge in [0.1, 0.15) is 0 Å². The minimum Gasteiger partial charge on any atom is -0.380 e. The molecule has 1 aliphatic rings. The molecule has 0 aromatic carbocycles. The fourth-order valence-corrected chi connectivity index (χ4v) is 1.66. The average Bonchev–Trinajstić information content (AvgIpc) is 2.13. The molecule has 3 nitrogen and oxygen atoms in total. The molecular formula is C10H22N2O. The normalized spacial score (nSPS) is 24.9. The molecule has 0 unspecified atom stereocenters. The topological polar surface area (TPSA) is 24.5 Å². The quantitative estimate of drug-likeness (QED) is 0.640. The van der Waals surface area contributed by atoms with Gasteiger partial charge in [0.25, 0.3) is 0 Å². The van der Waals surface area contributed by atoms with Gasteiger partial charge in [-0.1, -0.05) is 6.92 Å². The SMILES string of the molecule is CCCOCCN1CCN[C@@H](C)C1. The first-order valence-corrected chi connectivity index (χ1v) is 5.36. The van der Waals surface area contributed by atoms with Gasteiger partial charge < -0.3 is 10.1 Å². The largest absolute Gasteiger partial charge is 0.380 e. The highest BCUT2D eigenvalue weighted by atomic mass is 16.5. The van der Waals surface area contributed by atoms with Crippen LogP contribution >= 0.6 is 0 Å². The predicted molar refractivity (Wildman–Crippen MR) is 55.0 cm³/mol. The van der Waals surface area contributed by atoms with E-state index in [4.69, 9.17) is 4.74 Å². The highest BCUT2D eigenvalue weighted by Gasteiger charge is 2.14. The lowest BCUT2D eigenvalue weighted by Crippen LogP contribution is -2.49. The van der Waals surface area contributed by atoms with E-state index in [2.05, 4.69) is 24.1 Å². The molecule has 0 aromatic rings. The Morgan fingerprint density at radius 3 is 3.00 bits per heavy atom. The van der Waals surface area contributed by atoms with Crippen LogP contribution in [-0.4, -0.2) is 50.3 Å². The number of nitrogens with one attached hydrogen (secondary N) is 1. The van der Waals surface area contributed by atoms with E-state index in [1.165, 1.54) is 6.54 Å². The van der Waals surface area contributed by atoms with Gasteiger partial charge in [0.2, 0.25) is 0 Å². The highest BCUT2D eigenvalue weighted by molar-refractivity contribution is 4.74. The summed E-state index contributed by atoms with van der Waals surface area (Å²) in [4.78, 5) is 2.47. The summed E-state index contributed by atoms with van der Waals surface area (Å²) in [6.07, 6.45) is 1.12. The van der Waals surface area contributed by atoms with Crippen LogP contribution in [0.15, 0.2) is 0 Å². The van der Waals surface area contributed by atoms with Gasteiger partial charge >= 0.3 is 0 Å². The third-order valence-corrected chi connectivity index (χ3v) is 2.35. The molecule has 0 saturated carbocycles. The molecule has 1 heterocycles. The van der Waals surface area contributed by atoms with Gasteiger partial charge in [-0.05, 0) is 13.3 Å². The molecule has 0 radical (unpaired) electrons. The smallest absolute Gasteiger partial charge is 0.0593 e. The second-order valence-corrected chi connectivity index (χ2v) is 3.77. The molecule has 0 aromatic heterocycles. The maximum absolute atomic E-state index is 5.46. The number of nitrogens with zero attached hydrogens (tertiary/aromatic N) is 1. The first-order valence-electron chi connectivity index (χ1n) is 5.36. The van der Waals surface area contributed by atoms with E-state index in [1.807, 2.05) is 0 Å². The van der Waals surface area contributed by atoms with E-state index in [-0.39, 0.29) is 0 Å². The minimum absolute atomic E-state index is 0.639. The van der Waals surface area contributed by atoms with Crippen LogP contribution in [0, 0.1) is 0 Å². The molecule has 13 heavy (non-hydrogen) atoms. The van der Waals surface area contributed by atoms with Crippen molar-refractivity contribution in [3.8, 4) is 0 Å². The van der Waals surface area contributed by atoms with Crippen molar-refractivity contribution < 1.29 is 4.74 Å². The van der Waals surface area contributed by atoms with Crippen LogP contribution in [-0.2, 0) is 4.74 Å². The summed E-state index contributed by atoms with van der Waals surface area (Å²) in [5, 5.41) is 3.43. The highest BCUT2D eigenvalue weighted by Crippen LogP contribution is 1.97. The van der Waals surface area contributed by atoms with Crippen molar-refractivity contribution >= 4 is 0 Å². The van der Waals surface area contributed by atoms with Crippen molar-refractivity contribution in [2.24, 2.45) is 0 Å². The van der Waals surface area contributed by atoms with Gasteiger partial charge in [-0.3, -0.25) is 4.90 Å². The molecule has 3 heteroatoms. The molecule has 1 atom stereocenters. The van der Waals surface area contributed by atoms with Gasteiger partial charge in [0.05, 0.1) is 6.61 Å². The zero-order valence-corrected chi connectivity index (χ0v) is 8.88. The molecule has 0 amide bonds. The van der Waals surface area contributed by atoms with Crippen molar-refractivity contribution in [3.05, 3.63) is 0 Å². The fourth-order valence-electron chi connectivity index (χ4n) is 1.66. The van der Waals surface area contributed by atoms with Crippen molar-refractivity contribution in [2.45, 2.75) is 26.3 Å². The fraction of sp³-hybridized carbons (Fsp3) is 1.00. The Bertz CT molecular complexity index is 130. The summed E-state index contributed by atoms with van der Waals surface area (Å²) in [5.41, 5.74) is 0. The van der Waals surface area contributed by atoms with Gasteiger partial charge in [-0.15, -0.1) is 0 Å². The van der Waals surface area contributed by atoms with Gasteiger partial charge in [-0.2, -0.15) is 0 Å². The Morgan fingerprint density at radius 2 is 2.31 bits per heavy atom. The van der Waals surface area contributed by atoms with Crippen molar-refractivity contribution in [1.29, 1.82) is 0 Å². The molecule has 0 spiro atoms. The van der Waals surface area contributed by atoms with E-state index >= 15 is 0 Å². The van der Waals surface area contributed by atoms with E-state index in [0.717, 1.165) is 39.3 Å². The monoisotopic (exact) mass is 186 g/mol. The summed E-state index contributed by atoms with van der Waals surface area (Å²) in [6.45, 7) is 10.7. The van der Waals surface area contributed by atoms with Crippen molar-refractivity contribution in [2.75, 3.05) is 39.4 Å². The zero-order chi connectivity index (χ0) is 9.52. The molecule has 78 valence electrons. The van der Waals surface area contributed by atoms with Crippen LogP contribution in [0.3, 0.4) is 0 Å². The summed E-state index contributed by atoms with van der Waals surface area (Å²) in [7, 11) is 0. The Balaban J connectivity index is 2.00. The predicted octanol–water partition coefficient (Wildman–Crippen LogP) is 0.707. The zero-order valence-electron chi connectivity index (χ0n) is 8.88. The molecule has 0 aliphatic carbocycles. The van der Waals surface area contributed by atoms with Gasteiger partial charge in [0.15, 0.2) is 0 Å². The Kier molecular flexibility index (Phi) is 5.35. The molecule has 1 fully saturated rings. The van der Waals surface area contributed by atoms with Crippen molar-refractivity contribution in [3.63, 3.8) is 0 Å². The van der Waals surface area contributed by atoms with E-state index < -0.39 is 0 Å². The minimum atomic E-state index is 0.639. The Hall–Kier alpha value is -0.120. The standard InChI is InChI=1S/C10H22N2O/c1-3-7-13-8-6-12-5-4-11-10(2)9-12/h10-11H,3-9H2,1-2H3/t10-/m0/s1. The van der Waals surface area contributed by atoms with Crippen LogP contribution in [0.4, 0.5) is 0 Å². The third-order valence-electron chi connectivity index (χ3n) is 2.35. The van der Waals surface area contributed by atoms with Crippen LogP contribution in [0.1, 0.15) is 20.3 Å². The number of ether oxygens (including phenoxy) is 1. The Morgan fingerprint density at radius 1 is 1.46 bits per heavy atom. The molecule has 1 aliphatic heterocycles. The van der Waals surface area contributed by atoms with Crippen LogP contribution in [0.25, 0.3) is 0 Å². The lowest BCUT2D eigenvalue weighted by atomic mass is 10.2. The lowest BCUT2D eigenvalue weighted by Gasteiger charge is -2.31. The maximum atomic E-state index is 5.46. The third kappa shape index (κ3) is 4.60. The second kappa shape index (κ2) is 6.35. The Labute approximate surface area is 81.4 Å². The van der Waals surface area contributed by atoms with E-state index in [0.29, 0.717) is 6.04 Å². The van der Waals surface area contributed by atoms with Crippen LogP contribution in [0.5, 0.6) is 0 Å². The number of rotatable bonds is 5. The second-order valence-electron chi connectivity index (χ2n) is 3.77. The molecule has 1 N–H and O–H groups in total. The van der Waals surface area contributed by atoms with Crippen LogP contribution < -0.4 is 5.32 Å². The van der Waals surface area contributed by atoms with Gasteiger partial charge in [0, 0.05) is 38.8 Å². The summed E-state index contributed by atoms with van der Waals surface area (Å²) >= 11 is 0. The molecule has 1 saturated heterocycles. The first kappa shape index (κ1) is 11.0. The molecule has 0 bridgehead atoms. The molecule has 1 rings (SSSR count). The summed E-state index contributed by atoms with van der Waals surface area (Å²) in [5.74, 6) is 0. The maximum Gasteiger partial charge on any atom is 0.0593 e. The van der Waals surface area contributed by atoms with E-state index in [1.54, 1.807) is 0 Å². The summed E-state index contributed by atoms with van der Waals surface area (Å²) < 4.78 is 5.46. The van der Waals surface area contributed by atoms with E-state index in [9.17, 15) is 0 Å². The number of piperazine rings is 1. The van der Waals surface area contributed by atoms with Crippen LogP contribution in [0.2, 0.25) is 0 Å². The average molecular weight is 186 g/mol. The number of hydrogen-bond acceptors (Lipinski definition) is 3. The first-order chi connectivity index (χ1) is 6.33. The molecular weight excluding hydrogens is 164 g/mol. The number of hydrogen-bond donors (Lipinski definition) is 1. The van der Waals surface area contributed by atoms with Gasteiger partial charge in [-0.25, -0.2) is 0 Å². The lowest BCUT2D eigenvalue weighted by molar-refractivity contribution is 0.0935.